The molecular formula is C21H21N3O3. The molecule has 6 heteroatoms. The van der Waals surface area contributed by atoms with Crippen LogP contribution in [0.3, 0.4) is 0 Å². The molecule has 2 aromatic heterocycles. The Labute approximate surface area is 157 Å². The van der Waals surface area contributed by atoms with Crippen LogP contribution in [-0.2, 0) is 11.3 Å². The highest BCUT2D eigenvalue weighted by molar-refractivity contribution is 5.97. The quantitative estimate of drug-likeness (QED) is 0.775. The van der Waals surface area contributed by atoms with Gasteiger partial charge in [-0.15, -0.1) is 0 Å². The Balaban J connectivity index is 1.59. The van der Waals surface area contributed by atoms with Crippen molar-refractivity contribution in [2.75, 3.05) is 6.54 Å². The summed E-state index contributed by atoms with van der Waals surface area (Å²) in [4.78, 5) is 27.3. The number of nitrogens with zero attached hydrogens (tertiary/aromatic N) is 2. The van der Waals surface area contributed by atoms with Gasteiger partial charge in [0, 0.05) is 25.0 Å². The van der Waals surface area contributed by atoms with Crippen LogP contribution in [0.15, 0.2) is 71.7 Å². The van der Waals surface area contributed by atoms with Gasteiger partial charge < -0.3 is 19.2 Å². The van der Waals surface area contributed by atoms with Crippen molar-refractivity contribution in [1.29, 1.82) is 0 Å². The number of nitrogens with one attached hydrogen (secondary N) is 1. The number of aromatic nitrogens is 1. The van der Waals surface area contributed by atoms with E-state index in [1.54, 1.807) is 13.0 Å². The van der Waals surface area contributed by atoms with Gasteiger partial charge in [-0.25, -0.2) is 0 Å². The summed E-state index contributed by atoms with van der Waals surface area (Å²) in [5.41, 5.74) is 2.54. The second-order valence-corrected chi connectivity index (χ2v) is 6.68. The summed E-state index contributed by atoms with van der Waals surface area (Å²) >= 11 is 0. The van der Waals surface area contributed by atoms with Crippen LogP contribution in [0, 0.1) is 0 Å². The lowest BCUT2D eigenvalue weighted by atomic mass is 9.99. The lowest BCUT2D eigenvalue weighted by molar-refractivity contribution is -0.135. The summed E-state index contributed by atoms with van der Waals surface area (Å²) in [5, 5.41) is 2.77. The smallest absolute Gasteiger partial charge is 0.255 e. The largest absolute Gasteiger partial charge is 0.472 e. The molecular weight excluding hydrogens is 342 g/mol. The first-order valence-electron chi connectivity index (χ1n) is 8.98. The van der Waals surface area contributed by atoms with Gasteiger partial charge in [0.15, 0.2) is 0 Å². The predicted octanol–water partition coefficient (Wildman–Crippen LogP) is 2.83. The van der Waals surface area contributed by atoms with Gasteiger partial charge >= 0.3 is 0 Å². The van der Waals surface area contributed by atoms with Crippen molar-refractivity contribution < 1.29 is 14.0 Å². The second-order valence-electron chi connectivity index (χ2n) is 6.68. The Morgan fingerprint density at radius 2 is 1.93 bits per heavy atom. The van der Waals surface area contributed by atoms with Crippen LogP contribution >= 0.6 is 0 Å². The van der Waals surface area contributed by atoms with E-state index in [9.17, 15) is 9.59 Å². The number of rotatable bonds is 4. The number of carbonyl (C=O) groups is 2. The zero-order chi connectivity index (χ0) is 18.8. The maximum absolute atomic E-state index is 13.2. The van der Waals surface area contributed by atoms with Crippen molar-refractivity contribution in [3.63, 3.8) is 0 Å². The highest BCUT2D eigenvalue weighted by Crippen LogP contribution is 2.32. The number of hydrogen-bond donors (Lipinski definition) is 1. The topological polar surface area (TPSA) is 67.5 Å². The lowest BCUT2D eigenvalue weighted by Crippen LogP contribution is -2.51. The van der Waals surface area contributed by atoms with Gasteiger partial charge in [-0.2, -0.15) is 0 Å². The highest BCUT2D eigenvalue weighted by Gasteiger charge is 2.34. The van der Waals surface area contributed by atoms with E-state index < -0.39 is 6.04 Å². The Bertz CT molecular complexity index is 931. The molecule has 2 atom stereocenters. The summed E-state index contributed by atoms with van der Waals surface area (Å²) in [6.07, 6.45) is 4.84. The monoisotopic (exact) mass is 363 g/mol. The van der Waals surface area contributed by atoms with Crippen molar-refractivity contribution in [2.45, 2.75) is 25.6 Å². The Kier molecular flexibility index (Phi) is 4.54. The van der Waals surface area contributed by atoms with Crippen LogP contribution in [0.25, 0.3) is 0 Å². The first-order chi connectivity index (χ1) is 13.1. The van der Waals surface area contributed by atoms with Crippen LogP contribution in [0.1, 0.15) is 34.6 Å². The molecule has 4 rings (SSSR count). The highest BCUT2D eigenvalue weighted by atomic mass is 16.3. The van der Waals surface area contributed by atoms with E-state index in [1.165, 1.54) is 12.5 Å². The van der Waals surface area contributed by atoms with Gasteiger partial charge in [0.2, 0.25) is 5.91 Å². The molecule has 0 saturated carbocycles. The molecule has 0 bridgehead atoms. The third kappa shape index (κ3) is 3.26. The molecule has 0 radical (unpaired) electrons. The van der Waals surface area contributed by atoms with Gasteiger partial charge in [0.05, 0.1) is 17.9 Å². The number of furan rings is 1. The van der Waals surface area contributed by atoms with Crippen molar-refractivity contribution in [3.8, 4) is 0 Å². The van der Waals surface area contributed by atoms with Crippen molar-refractivity contribution in [3.05, 3.63) is 84.1 Å². The van der Waals surface area contributed by atoms with E-state index in [4.69, 9.17) is 4.42 Å². The molecule has 0 saturated heterocycles. The molecule has 3 aromatic rings. The molecule has 1 N–H and O–H groups in total. The molecule has 0 unspecified atom stereocenters. The zero-order valence-corrected chi connectivity index (χ0v) is 15.0. The third-order valence-electron chi connectivity index (χ3n) is 4.94. The maximum atomic E-state index is 13.2. The predicted molar refractivity (Wildman–Crippen MR) is 100 cm³/mol. The molecule has 0 spiro atoms. The summed E-state index contributed by atoms with van der Waals surface area (Å²) in [6, 6.07) is 14.8. The van der Waals surface area contributed by atoms with Gasteiger partial charge in [-0.1, -0.05) is 30.3 Å². The van der Waals surface area contributed by atoms with E-state index in [0.717, 1.165) is 17.8 Å². The first-order valence-corrected chi connectivity index (χ1v) is 8.98. The van der Waals surface area contributed by atoms with E-state index in [-0.39, 0.29) is 17.9 Å². The number of benzene rings is 1. The lowest BCUT2D eigenvalue weighted by Gasteiger charge is -2.38. The average Bonchev–Trinajstić information content (AvgIpc) is 3.38. The molecule has 1 aromatic carbocycles. The number of fused-ring (bicyclic) bond motifs is 1. The molecule has 1 aliphatic rings. The number of hydrogen-bond acceptors (Lipinski definition) is 3. The minimum absolute atomic E-state index is 0.104. The van der Waals surface area contributed by atoms with Gasteiger partial charge in [0.25, 0.3) is 5.91 Å². The Morgan fingerprint density at radius 1 is 1.11 bits per heavy atom. The molecule has 27 heavy (non-hydrogen) atoms. The van der Waals surface area contributed by atoms with E-state index in [0.29, 0.717) is 12.1 Å². The standard InChI is InChI=1S/C21H21N3O3/c1-15(22-20(25)17-9-13-27-14-17)21(26)24-12-11-23-10-5-8-18(23)19(24)16-6-3-2-4-7-16/h2-10,13-15,19H,11-12H2,1H3,(H,22,25)/t15-,19+/m0/s1. The van der Waals surface area contributed by atoms with Crippen molar-refractivity contribution in [1.82, 2.24) is 14.8 Å². The van der Waals surface area contributed by atoms with E-state index in [1.807, 2.05) is 53.6 Å². The summed E-state index contributed by atoms with van der Waals surface area (Å²) < 4.78 is 7.12. The normalized spacial score (nSPS) is 17.2. The number of amides is 2. The second kappa shape index (κ2) is 7.15. The molecule has 0 aliphatic carbocycles. The molecule has 3 heterocycles. The summed E-state index contributed by atoms with van der Waals surface area (Å²) in [6.45, 7) is 3.04. The maximum Gasteiger partial charge on any atom is 0.255 e. The van der Waals surface area contributed by atoms with E-state index >= 15 is 0 Å². The van der Waals surface area contributed by atoms with Crippen molar-refractivity contribution in [2.24, 2.45) is 0 Å². The number of carbonyl (C=O) groups excluding carboxylic acids is 2. The first kappa shape index (κ1) is 17.1. The Morgan fingerprint density at radius 3 is 2.67 bits per heavy atom. The van der Waals surface area contributed by atoms with Crippen molar-refractivity contribution >= 4 is 11.8 Å². The summed E-state index contributed by atoms with van der Waals surface area (Å²) in [7, 11) is 0. The molecule has 6 nitrogen and oxygen atoms in total. The molecule has 1 aliphatic heterocycles. The van der Waals surface area contributed by atoms with Gasteiger partial charge in [-0.3, -0.25) is 9.59 Å². The van der Waals surface area contributed by atoms with Crippen LogP contribution in [0.5, 0.6) is 0 Å². The molecule has 138 valence electrons. The van der Waals surface area contributed by atoms with Crippen LogP contribution in [-0.4, -0.2) is 33.9 Å². The zero-order valence-electron chi connectivity index (χ0n) is 15.0. The fraction of sp³-hybridized carbons (Fsp3) is 0.238. The fourth-order valence-electron chi connectivity index (χ4n) is 3.59. The fourth-order valence-corrected chi connectivity index (χ4v) is 3.59. The average molecular weight is 363 g/mol. The third-order valence-corrected chi connectivity index (χ3v) is 4.94. The SMILES string of the molecule is C[C@H](NC(=O)c1ccoc1)C(=O)N1CCn2cccc2[C@H]1c1ccccc1. The summed E-state index contributed by atoms with van der Waals surface area (Å²) in [5.74, 6) is -0.422. The van der Waals surface area contributed by atoms with Crippen LogP contribution in [0.4, 0.5) is 0 Å². The Hall–Kier alpha value is -3.28. The molecule has 0 fully saturated rings. The van der Waals surface area contributed by atoms with Gasteiger partial charge in [-0.05, 0) is 30.7 Å². The minimum atomic E-state index is -0.639. The van der Waals surface area contributed by atoms with E-state index in [2.05, 4.69) is 9.88 Å². The van der Waals surface area contributed by atoms with Crippen LogP contribution < -0.4 is 5.32 Å². The minimum Gasteiger partial charge on any atom is -0.472 e. The molecule has 2 amide bonds. The van der Waals surface area contributed by atoms with Gasteiger partial charge in [0.1, 0.15) is 12.3 Å². The van der Waals surface area contributed by atoms with Crippen LogP contribution in [0.2, 0.25) is 0 Å².